The summed E-state index contributed by atoms with van der Waals surface area (Å²) in [6.07, 6.45) is 0. The van der Waals surface area contributed by atoms with Gasteiger partial charge >= 0.3 is 0 Å². The average molecular weight is 278 g/mol. The SMILES string of the molecule is CCNC(=O)c1ccc(N)cc1NCC(C)(C)C(N)=O. The highest BCUT2D eigenvalue weighted by Crippen LogP contribution is 2.22. The third-order valence-corrected chi connectivity index (χ3v) is 3.01. The van der Waals surface area contributed by atoms with Gasteiger partial charge in [-0.1, -0.05) is 0 Å². The van der Waals surface area contributed by atoms with E-state index < -0.39 is 11.3 Å². The van der Waals surface area contributed by atoms with Crippen LogP contribution in [0.4, 0.5) is 11.4 Å². The number of benzene rings is 1. The van der Waals surface area contributed by atoms with Crippen molar-refractivity contribution >= 4 is 23.2 Å². The minimum absolute atomic E-state index is 0.188. The maximum Gasteiger partial charge on any atom is 0.253 e. The Balaban J connectivity index is 2.96. The van der Waals surface area contributed by atoms with Crippen LogP contribution in [0.2, 0.25) is 0 Å². The predicted molar refractivity (Wildman–Crippen MR) is 80.3 cm³/mol. The lowest BCUT2D eigenvalue weighted by Gasteiger charge is -2.22. The Morgan fingerprint density at radius 3 is 2.50 bits per heavy atom. The summed E-state index contributed by atoms with van der Waals surface area (Å²) in [4.78, 5) is 23.3. The fourth-order valence-corrected chi connectivity index (χ4v) is 1.57. The topological polar surface area (TPSA) is 110 Å². The maximum absolute atomic E-state index is 12.0. The number of hydrogen-bond donors (Lipinski definition) is 4. The first-order valence-electron chi connectivity index (χ1n) is 6.49. The first kappa shape index (κ1) is 15.8. The van der Waals surface area contributed by atoms with Crippen molar-refractivity contribution in [3.63, 3.8) is 0 Å². The number of carbonyl (C=O) groups excluding carboxylic acids is 2. The first-order valence-corrected chi connectivity index (χ1v) is 6.49. The van der Waals surface area contributed by atoms with Crippen LogP contribution < -0.4 is 22.1 Å². The molecular weight excluding hydrogens is 256 g/mol. The molecule has 6 nitrogen and oxygen atoms in total. The molecule has 1 aromatic rings. The van der Waals surface area contributed by atoms with Gasteiger partial charge in [0.25, 0.3) is 5.91 Å². The summed E-state index contributed by atoms with van der Waals surface area (Å²) < 4.78 is 0. The largest absolute Gasteiger partial charge is 0.399 e. The quantitative estimate of drug-likeness (QED) is 0.580. The van der Waals surface area contributed by atoms with E-state index in [1.807, 2.05) is 6.92 Å². The van der Waals surface area contributed by atoms with Crippen LogP contribution >= 0.6 is 0 Å². The molecule has 1 aromatic carbocycles. The van der Waals surface area contributed by atoms with Gasteiger partial charge in [0.2, 0.25) is 5.91 Å². The van der Waals surface area contributed by atoms with Gasteiger partial charge in [0.05, 0.1) is 11.0 Å². The summed E-state index contributed by atoms with van der Waals surface area (Å²) in [5, 5.41) is 5.80. The van der Waals surface area contributed by atoms with Crippen molar-refractivity contribution in [1.29, 1.82) is 0 Å². The monoisotopic (exact) mass is 278 g/mol. The Morgan fingerprint density at radius 2 is 1.95 bits per heavy atom. The van der Waals surface area contributed by atoms with Gasteiger partial charge in [0, 0.05) is 24.5 Å². The summed E-state index contributed by atoms with van der Waals surface area (Å²) in [5.41, 5.74) is 12.0. The van der Waals surface area contributed by atoms with Crippen molar-refractivity contribution in [1.82, 2.24) is 5.32 Å². The van der Waals surface area contributed by atoms with Gasteiger partial charge in [-0.3, -0.25) is 9.59 Å². The van der Waals surface area contributed by atoms with E-state index in [1.54, 1.807) is 32.0 Å². The fourth-order valence-electron chi connectivity index (χ4n) is 1.57. The molecule has 0 radical (unpaired) electrons. The molecule has 0 spiro atoms. The van der Waals surface area contributed by atoms with E-state index in [-0.39, 0.29) is 5.91 Å². The molecule has 0 aliphatic carbocycles. The van der Waals surface area contributed by atoms with Crippen molar-refractivity contribution in [2.75, 3.05) is 24.1 Å². The number of anilines is 2. The zero-order valence-corrected chi connectivity index (χ0v) is 12.1. The third kappa shape index (κ3) is 3.88. The molecule has 2 amide bonds. The molecule has 110 valence electrons. The molecule has 6 heteroatoms. The highest BCUT2D eigenvalue weighted by Gasteiger charge is 2.25. The Labute approximate surface area is 118 Å². The van der Waals surface area contributed by atoms with Gasteiger partial charge in [0.15, 0.2) is 0 Å². The van der Waals surface area contributed by atoms with E-state index in [0.717, 1.165) is 0 Å². The van der Waals surface area contributed by atoms with E-state index in [1.165, 1.54) is 0 Å². The van der Waals surface area contributed by atoms with E-state index >= 15 is 0 Å². The van der Waals surface area contributed by atoms with Crippen LogP contribution in [-0.4, -0.2) is 24.9 Å². The normalized spacial score (nSPS) is 10.9. The smallest absolute Gasteiger partial charge is 0.253 e. The molecule has 0 aliphatic heterocycles. The number of nitrogen functional groups attached to an aromatic ring is 1. The number of primary amides is 1. The highest BCUT2D eigenvalue weighted by atomic mass is 16.2. The Morgan fingerprint density at radius 1 is 1.30 bits per heavy atom. The lowest BCUT2D eigenvalue weighted by molar-refractivity contribution is -0.125. The first-order chi connectivity index (χ1) is 9.27. The number of carbonyl (C=O) groups is 2. The lowest BCUT2D eigenvalue weighted by Crippen LogP contribution is -2.37. The van der Waals surface area contributed by atoms with Crippen LogP contribution in [0.5, 0.6) is 0 Å². The molecule has 0 saturated heterocycles. The molecular formula is C14H22N4O2. The van der Waals surface area contributed by atoms with Gasteiger partial charge < -0.3 is 22.1 Å². The number of nitrogens with two attached hydrogens (primary N) is 2. The van der Waals surface area contributed by atoms with Crippen LogP contribution in [0.25, 0.3) is 0 Å². The third-order valence-electron chi connectivity index (χ3n) is 3.01. The second-order valence-electron chi connectivity index (χ2n) is 5.27. The average Bonchev–Trinajstić information content (AvgIpc) is 2.36. The van der Waals surface area contributed by atoms with Crippen molar-refractivity contribution < 1.29 is 9.59 Å². The highest BCUT2D eigenvalue weighted by molar-refractivity contribution is 6.00. The van der Waals surface area contributed by atoms with Gasteiger partial charge in [0.1, 0.15) is 0 Å². The standard InChI is InChI=1S/C14H22N4O2/c1-4-17-12(19)10-6-5-9(15)7-11(10)18-8-14(2,3)13(16)20/h5-7,18H,4,8,15H2,1-3H3,(H2,16,20)(H,17,19). The predicted octanol–water partition coefficient (Wildman–Crippen LogP) is 0.942. The zero-order chi connectivity index (χ0) is 15.3. The Hall–Kier alpha value is -2.24. The summed E-state index contributed by atoms with van der Waals surface area (Å²) >= 11 is 0. The van der Waals surface area contributed by atoms with Crippen LogP contribution in [0, 0.1) is 5.41 Å². The molecule has 0 aliphatic rings. The van der Waals surface area contributed by atoms with Gasteiger partial charge in [-0.15, -0.1) is 0 Å². The zero-order valence-electron chi connectivity index (χ0n) is 12.1. The number of nitrogens with one attached hydrogen (secondary N) is 2. The molecule has 1 rings (SSSR count). The van der Waals surface area contributed by atoms with Gasteiger partial charge in [-0.25, -0.2) is 0 Å². The molecule has 0 saturated carbocycles. The number of rotatable bonds is 6. The second kappa shape index (κ2) is 6.27. The minimum atomic E-state index is -0.719. The molecule has 0 aromatic heterocycles. The van der Waals surface area contributed by atoms with E-state index in [4.69, 9.17) is 11.5 Å². The summed E-state index contributed by atoms with van der Waals surface area (Å²) in [5.74, 6) is -0.597. The van der Waals surface area contributed by atoms with Crippen molar-refractivity contribution in [3.05, 3.63) is 23.8 Å². The van der Waals surface area contributed by atoms with E-state index in [2.05, 4.69) is 10.6 Å². The van der Waals surface area contributed by atoms with Crippen molar-refractivity contribution in [3.8, 4) is 0 Å². The molecule has 0 unspecified atom stereocenters. The van der Waals surface area contributed by atoms with Crippen LogP contribution in [-0.2, 0) is 4.79 Å². The second-order valence-corrected chi connectivity index (χ2v) is 5.27. The molecule has 0 bridgehead atoms. The molecule has 0 atom stereocenters. The summed E-state index contributed by atoms with van der Waals surface area (Å²) in [6, 6.07) is 4.98. The van der Waals surface area contributed by atoms with Crippen molar-refractivity contribution in [2.24, 2.45) is 11.1 Å². The van der Waals surface area contributed by atoms with Gasteiger partial charge in [-0.2, -0.15) is 0 Å². The maximum atomic E-state index is 12.0. The van der Waals surface area contributed by atoms with E-state index in [0.29, 0.717) is 30.0 Å². The molecule has 20 heavy (non-hydrogen) atoms. The summed E-state index contributed by atoms with van der Waals surface area (Å²) in [7, 11) is 0. The fraction of sp³-hybridized carbons (Fsp3) is 0.429. The Bertz CT molecular complexity index is 512. The summed E-state index contributed by atoms with van der Waals surface area (Å²) in [6.45, 7) is 6.17. The van der Waals surface area contributed by atoms with E-state index in [9.17, 15) is 9.59 Å². The molecule has 0 fully saturated rings. The van der Waals surface area contributed by atoms with Crippen LogP contribution in [0.3, 0.4) is 0 Å². The lowest BCUT2D eigenvalue weighted by atomic mass is 9.92. The minimum Gasteiger partial charge on any atom is -0.399 e. The molecule has 6 N–H and O–H groups in total. The number of amides is 2. The Kier molecular flexibility index (Phi) is 4.96. The van der Waals surface area contributed by atoms with Crippen molar-refractivity contribution in [2.45, 2.75) is 20.8 Å². The van der Waals surface area contributed by atoms with Crippen LogP contribution in [0.1, 0.15) is 31.1 Å². The number of hydrogen-bond acceptors (Lipinski definition) is 4. The van der Waals surface area contributed by atoms with Gasteiger partial charge in [-0.05, 0) is 39.0 Å². The molecule has 0 heterocycles. The van der Waals surface area contributed by atoms with Crippen LogP contribution in [0.15, 0.2) is 18.2 Å².